The molecule has 126 valence electrons. The van der Waals surface area contributed by atoms with Crippen LogP contribution in [-0.2, 0) is 14.3 Å². The smallest absolute Gasteiger partial charge is 0.261 e. The van der Waals surface area contributed by atoms with E-state index in [-0.39, 0.29) is 18.4 Å². The van der Waals surface area contributed by atoms with Crippen LogP contribution >= 0.6 is 0 Å². The number of amides is 2. The van der Waals surface area contributed by atoms with Crippen LogP contribution in [0.5, 0.6) is 5.75 Å². The highest BCUT2D eigenvalue weighted by molar-refractivity contribution is 5.90. The first-order valence-electron chi connectivity index (χ1n) is 7.96. The Morgan fingerprint density at radius 3 is 2.96 bits per heavy atom. The number of rotatable bonds is 7. The van der Waals surface area contributed by atoms with Crippen molar-refractivity contribution in [3.8, 4) is 5.75 Å². The molecular formula is C17H24N2O4. The predicted molar refractivity (Wildman–Crippen MR) is 86.2 cm³/mol. The second kappa shape index (κ2) is 8.53. The van der Waals surface area contributed by atoms with Gasteiger partial charge in [-0.1, -0.05) is 31.5 Å². The van der Waals surface area contributed by atoms with Crippen molar-refractivity contribution in [1.29, 1.82) is 0 Å². The molecule has 0 saturated heterocycles. The Hall–Kier alpha value is -2.08. The van der Waals surface area contributed by atoms with Gasteiger partial charge in [-0.3, -0.25) is 9.59 Å². The minimum Gasteiger partial charge on any atom is -0.483 e. The summed E-state index contributed by atoms with van der Waals surface area (Å²) in [6, 6.07) is 6.61. The van der Waals surface area contributed by atoms with Gasteiger partial charge in [0.15, 0.2) is 6.61 Å². The summed E-state index contributed by atoms with van der Waals surface area (Å²) in [5.74, 6) is 0.186. The number of hydrogen-bond acceptors (Lipinski definition) is 4. The van der Waals surface area contributed by atoms with E-state index in [1.54, 1.807) is 13.2 Å². The molecule has 1 aromatic carbocycles. The second-order valence-electron chi connectivity index (χ2n) is 5.45. The lowest BCUT2D eigenvalue weighted by molar-refractivity contribution is -0.142. The van der Waals surface area contributed by atoms with Crippen LogP contribution < -0.4 is 10.1 Å². The molecule has 0 aliphatic carbocycles. The van der Waals surface area contributed by atoms with E-state index in [4.69, 9.17) is 9.47 Å². The number of hydrogen-bond donors (Lipinski definition) is 1. The van der Waals surface area contributed by atoms with Crippen LogP contribution in [0.25, 0.3) is 0 Å². The number of unbranched alkanes of at least 4 members (excludes halogenated alkanes) is 1. The highest BCUT2D eigenvalue weighted by atomic mass is 16.5. The third-order valence-corrected chi connectivity index (χ3v) is 3.81. The third kappa shape index (κ3) is 4.22. The summed E-state index contributed by atoms with van der Waals surface area (Å²) in [5.41, 5.74) is 0.712. The summed E-state index contributed by atoms with van der Waals surface area (Å²) >= 11 is 0. The van der Waals surface area contributed by atoms with Gasteiger partial charge in [0, 0.05) is 25.8 Å². The summed E-state index contributed by atoms with van der Waals surface area (Å²) in [6.07, 6.45) is 1.90. The van der Waals surface area contributed by atoms with E-state index in [2.05, 4.69) is 12.2 Å². The Bertz CT molecular complexity index is 547. The zero-order valence-corrected chi connectivity index (χ0v) is 13.7. The zero-order valence-electron chi connectivity index (χ0n) is 13.7. The number of benzene rings is 1. The van der Waals surface area contributed by atoms with Crippen molar-refractivity contribution >= 4 is 11.8 Å². The van der Waals surface area contributed by atoms with Gasteiger partial charge in [-0.2, -0.15) is 0 Å². The lowest BCUT2D eigenvalue weighted by Crippen LogP contribution is -2.45. The van der Waals surface area contributed by atoms with Crippen molar-refractivity contribution in [3.63, 3.8) is 0 Å². The lowest BCUT2D eigenvalue weighted by Gasteiger charge is -2.29. The number of methoxy groups -OCH3 is 1. The second-order valence-corrected chi connectivity index (χ2v) is 5.45. The Morgan fingerprint density at radius 2 is 2.22 bits per heavy atom. The van der Waals surface area contributed by atoms with E-state index >= 15 is 0 Å². The Morgan fingerprint density at radius 1 is 1.43 bits per heavy atom. The molecule has 0 saturated carbocycles. The Kier molecular flexibility index (Phi) is 6.40. The standard InChI is InChI=1S/C17H24N2O4/c1-3-4-9-18-17(21)16-13-7-5-6-8-14(13)23-12-15(20)19(16)10-11-22-2/h5-8,16H,3-4,9-12H2,1-2H3,(H,18,21). The fraction of sp³-hybridized carbons (Fsp3) is 0.529. The summed E-state index contributed by atoms with van der Waals surface area (Å²) in [4.78, 5) is 26.6. The topological polar surface area (TPSA) is 67.9 Å². The molecule has 2 rings (SSSR count). The van der Waals surface area contributed by atoms with Gasteiger partial charge < -0.3 is 19.7 Å². The molecule has 1 aliphatic heterocycles. The summed E-state index contributed by atoms with van der Waals surface area (Å²) in [5, 5.41) is 2.92. The zero-order chi connectivity index (χ0) is 16.7. The van der Waals surface area contributed by atoms with Crippen LogP contribution in [0.3, 0.4) is 0 Å². The van der Waals surface area contributed by atoms with Gasteiger partial charge in [0.05, 0.1) is 6.61 Å². The van der Waals surface area contributed by atoms with Crippen LogP contribution in [0.2, 0.25) is 0 Å². The van der Waals surface area contributed by atoms with Gasteiger partial charge in [-0.05, 0) is 12.5 Å². The van der Waals surface area contributed by atoms with E-state index in [1.165, 1.54) is 4.90 Å². The van der Waals surface area contributed by atoms with Crippen molar-refractivity contribution in [2.24, 2.45) is 0 Å². The van der Waals surface area contributed by atoms with Gasteiger partial charge >= 0.3 is 0 Å². The molecule has 0 spiro atoms. The van der Waals surface area contributed by atoms with Gasteiger partial charge in [-0.15, -0.1) is 0 Å². The lowest BCUT2D eigenvalue weighted by atomic mass is 10.0. The first-order chi connectivity index (χ1) is 11.2. The minimum absolute atomic E-state index is 0.0700. The molecule has 0 aromatic heterocycles. The van der Waals surface area contributed by atoms with Crippen molar-refractivity contribution in [2.45, 2.75) is 25.8 Å². The number of carbonyl (C=O) groups excluding carboxylic acids is 2. The molecule has 1 heterocycles. The SMILES string of the molecule is CCCCNC(=O)C1c2ccccc2OCC(=O)N1CCOC. The molecule has 0 fully saturated rings. The van der Waals surface area contributed by atoms with E-state index in [1.807, 2.05) is 18.2 Å². The average molecular weight is 320 g/mol. The van der Waals surface area contributed by atoms with Crippen LogP contribution in [0.1, 0.15) is 31.4 Å². The maximum absolute atomic E-state index is 12.7. The fourth-order valence-electron chi connectivity index (χ4n) is 2.58. The molecule has 0 radical (unpaired) electrons. The summed E-state index contributed by atoms with van der Waals surface area (Å²) in [6.45, 7) is 3.31. The monoisotopic (exact) mass is 320 g/mol. The van der Waals surface area contributed by atoms with E-state index in [9.17, 15) is 9.59 Å². The highest BCUT2D eigenvalue weighted by Crippen LogP contribution is 2.32. The summed E-state index contributed by atoms with van der Waals surface area (Å²) < 4.78 is 10.6. The minimum atomic E-state index is -0.687. The van der Waals surface area contributed by atoms with Gasteiger partial charge in [0.1, 0.15) is 11.8 Å². The van der Waals surface area contributed by atoms with Crippen LogP contribution in [0.15, 0.2) is 24.3 Å². The quantitative estimate of drug-likeness (QED) is 0.773. The molecule has 1 N–H and O–H groups in total. The third-order valence-electron chi connectivity index (χ3n) is 3.81. The molecule has 1 unspecified atom stereocenters. The van der Waals surface area contributed by atoms with Crippen molar-refractivity contribution in [3.05, 3.63) is 29.8 Å². The summed E-state index contributed by atoms with van der Waals surface area (Å²) in [7, 11) is 1.57. The number of fused-ring (bicyclic) bond motifs is 1. The Balaban J connectivity index is 2.30. The predicted octanol–water partition coefficient (Wildman–Crippen LogP) is 1.51. The van der Waals surface area contributed by atoms with Crippen LogP contribution in [0.4, 0.5) is 0 Å². The van der Waals surface area contributed by atoms with Crippen molar-refractivity contribution < 1.29 is 19.1 Å². The van der Waals surface area contributed by atoms with Gasteiger partial charge in [0.25, 0.3) is 5.91 Å². The van der Waals surface area contributed by atoms with E-state index in [0.717, 1.165) is 12.8 Å². The van der Waals surface area contributed by atoms with Gasteiger partial charge in [-0.25, -0.2) is 0 Å². The molecule has 2 amide bonds. The van der Waals surface area contributed by atoms with E-state index < -0.39 is 6.04 Å². The number of ether oxygens (including phenoxy) is 2. The van der Waals surface area contributed by atoms with Crippen LogP contribution in [-0.4, -0.2) is 50.1 Å². The molecule has 1 atom stereocenters. The average Bonchev–Trinajstić information content (AvgIpc) is 2.70. The normalized spacial score (nSPS) is 17.2. The van der Waals surface area contributed by atoms with Gasteiger partial charge in [0.2, 0.25) is 5.91 Å². The Labute approximate surface area is 136 Å². The van der Waals surface area contributed by atoms with E-state index in [0.29, 0.717) is 31.0 Å². The first kappa shape index (κ1) is 17.3. The number of carbonyl (C=O) groups is 2. The fourth-order valence-corrected chi connectivity index (χ4v) is 2.58. The van der Waals surface area contributed by atoms with Crippen molar-refractivity contribution in [1.82, 2.24) is 10.2 Å². The van der Waals surface area contributed by atoms with Crippen molar-refractivity contribution in [2.75, 3.05) is 33.4 Å². The number of nitrogens with one attached hydrogen (secondary N) is 1. The molecule has 1 aliphatic rings. The number of nitrogens with zero attached hydrogens (tertiary/aromatic N) is 1. The molecule has 0 bridgehead atoms. The molecule has 6 nitrogen and oxygen atoms in total. The first-order valence-corrected chi connectivity index (χ1v) is 7.96. The molecule has 23 heavy (non-hydrogen) atoms. The number of para-hydroxylation sites is 1. The molecular weight excluding hydrogens is 296 g/mol. The maximum atomic E-state index is 12.7. The largest absolute Gasteiger partial charge is 0.483 e. The molecule has 6 heteroatoms. The van der Waals surface area contributed by atoms with Crippen LogP contribution in [0, 0.1) is 0 Å². The molecule has 1 aromatic rings. The highest BCUT2D eigenvalue weighted by Gasteiger charge is 2.35. The maximum Gasteiger partial charge on any atom is 0.261 e.